The van der Waals surface area contributed by atoms with Gasteiger partial charge in [-0.3, -0.25) is 33.9 Å². The zero-order chi connectivity index (χ0) is 35.1. The van der Waals surface area contributed by atoms with Crippen LogP contribution in [0.15, 0.2) is 72.3 Å². The van der Waals surface area contributed by atoms with Gasteiger partial charge in [0.2, 0.25) is 11.8 Å². The Morgan fingerprint density at radius 2 is 1.81 bits per heavy atom. The van der Waals surface area contributed by atoms with Crippen molar-refractivity contribution in [3.8, 4) is 0 Å². The van der Waals surface area contributed by atoms with E-state index in [9.17, 15) is 24.0 Å². The van der Waals surface area contributed by atoms with Gasteiger partial charge in [0.15, 0.2) is 5.58 Å². The molecular weight excluding hydrogens is 853 g/mol. The van der Waals surface area contributed by atoms with E-state index in [4.69, 9.17) is 4.42 Å². The number of nitrogens with zero attached hydrogens (tertiary/aromatic N) is 5. The van der Waals surface area contributed by atoms with Gasteiger partial charge in [-0.1, -0.05) is 0 Å². The van der Waals surface area contributed by atoms with Crippen LogP contribution in [-0.4, -0.2) is 56.2 Å². The summed E-state index contributed by atoms with van der Waals surface area (Å²) >= 11 is 3.40. The van der Waals surface area contributed by atoms with Crippen molar-refractivity contribution in [3.05, 3.63) is 97.6 Å². The average Bonchev–Trinajstić information content (AvgIpc) is 3.36. The summed E-state index contributed by atoms with van der Waals surface area (Å²) in [6, 6.07) is 8.60. The second-order valence-electron chi connectivity index (χ2n) is 12.9. The summed E-state index contributed by atoms with van der Waals surface area (Å²) in [6.07, 6.45) is 8.51. The van der Waals surface area contributed by atoms with Crippen LogP contribution in [0.25, 0.3) is 21.9 Å². The van der Waals surface area contributed by atoms with E-state index in [0.29, 0.717) is 23.1 Å². The molecule has 4 aromatic heterocycles. The number of carbonyl (C=O) groups excluding carboxylic acids is 2. The van der Waals surface area contributed by atoms with Gasteiger partial charge in [0.1, 0.15) is 23.8 Å². The molecule has 5 aromatic rings. The zero-order valence-electron chi connectivity index (χ0n) is 29.7. The summed E-state index contributed by atoms with van der Waals surface area (Å²) in [4.78, 5) is 68.4. The van der Waals surface area contributed by atoms with Crippen LogP contribution in [0.1, 0.15) is 44.3 Å². The maximum Gasteiger partial charge on any atom is 1.00 e. The Morgan fingerprint density at radius 3 is 2.54 bits per heavy atom. The number of pyridine rings is 2. The number of hydrogen-bond donors (Lipinski definition) is 3. The summed E-state index contributed by atoms with van der Waals surface area (Å²) in [5.74, 6) is -0.350. The van der Waals surface area contributed by atoms with Gasteiger partial charge in [-0.2, -0.15) is 0 Å². The van der Waals surface area contributed by atoms with Crippen molar-refractivity contribution in [2.24, 2.45) is 7.05 Å². The number of nitrogens with one attached hydrogen (secondary N) is 3. The second-order valence-corrected chi connectivity index (χ2v) is 13.8. The number of rotatable bonds is 4. The molecule has 3 aliphatic heterocycles. The van der Waals surface area contributed by atoms with Crippen LogP contribution < -0.4 is 106 Å². The van der Waals surface area contributed by atoms with Crippen LogP contribution in [0, 0.1) is 7.43 Å². The van der Waals surface area contributed by atoms with Crippen molar-refractivity contribution in [2.75, 3.05) is 29.9 Å². The molecule has 3 aliphatic rings. The fraction of sp³-hybridized carbons (Fsp3) is 0.361. The van der Waals surface area contributed by atoms with Crippen molar-refractivity contribution < 1.29 is 82.9 Å². The molecule has 2 atom stereocenters. The number of hydrogen-bond acceptors (Lipinski definition) is 10. The molecule has 0 radical (unpaired) electrons. The number of imide groups is 1. The summed E-state index contributed by atoms with van der Waals surface area (Å²) in [6.45, 7) is 5.97. The van der Waals surface area contributed by atoms with Gasteiger partial charge < -0.3 is 36.5 Å². The molecule has 2 fully saturated rings. The molecule has 1 aromatic carbocycles. The quantitative estimate of drug-likeness (QED) is 0.174. The molecule has 52 heavy (non-hydrogen) atoms. The normalized spacial score (nSPS) is 18.4. The van der Waals surface area contributed by atoms with Crippen LogP contribution in [0.3, 0.4) is 0 Å². The number of piperidine rings is 1. The molecular formula is C36H40BrCsN8O6. The molecule has 268 valence electrons. The maximum absolute atomic E-state index is 13.1. The molecule has 2 saturated heterocycles. The SMILES string of the molecule is C[C@H]1CNCCN1c1ccc(Nc2cc(Br)cn(C)c2=O)nc1.O=C1CCC(n2c(=O)c3ccc4c(occ5n4CCCC5)c3c2=O)C(=O)N1.[CH3-].[Cs+]. The standard InChI is InChI=1S/C19H17N3O5.C16H20BrN5O.CH3.Cs/c23-14-7-6-13(17(24)20-14)22-18(25)11-4-5-12-16(15(11)19(22)26)27-9-10-3-1-2-8-21(10)12;1-11-8-18-5-6-22(11)13-3-4-15(19-9-13)20-14-7-12(17)10-21(2)16(14)23;;/h4-5,9,13H,1-3,6-8H2,(H,20,23,24);3-4,7,9-11,18H,5-6,8H2,1-2H3,(H,19,20);1H3;/q;;-1;+1/t;11-;;/m.0../s1. The van der Waals surface area contributed by atoms with E-state index in [0.717, 1.165) is 71.4 Å². The van der Waals surface area contributed by atoms with Gasteiger partial charge in [0.05, 0.1) is 33.9 Å². The average molecular weight is 894 g/mol. The van der Waals surface area contributed by atoms with Crippen molar-refractivity contribution in [3.63, 3.8) is 0 Å². The number of aryl methyl sites for hydroxylation is 3. The van der Waals surface area contributed by atoms with Crippen LogP contribution in [0.4, 0.5) is 17.2 Å². The van der Waals surface area contributed by atoms with E-state index in [-0.39, 0.29) is 105 Å². The largest absolute Gasteiger partial charge is 1.00 e. The second kappa shape index (κ2) is 17.0. The molecule has 7 heterocycles. The Balaban J connectivity index is 0.000000196. The fourth-order valence-corrected chi connectivity index (χ4v) is 7.52. The Kier molecular flexibility index (Phi) is 13.2. The summed E-state index contributed by atoms with van der Waals surface area (Å²) in [5, 5.41) is 9.10. The van der Waals surface area contributed by atoms with Gasteiger partial charge in [0, 0.05) is 56.4 Å². The fourth-order valence-electron chi connectivity index (χ4n) is 6.98. The predicted octanol–water partition coefficient (Wildman–Crippen LogP) is 0.762. The van der Waals surface area contributed by atoms with Crippen LogP contribution in [-0.2, 0) is 29.6 Å². The van der Waals surface area contributed by atoms with E-state index in [1.807, 2.05) is 18.3 Å². The Bertz CT molecular complexity index is 2320. The number of piperazine rings is 1. The minimum absolute atomic E-state index is 0. The Hall–Kier alpha value is -2.97. The van der Waals surface area contributed by atoms with Crippen molar-refractivity contribution in [1.29, 1.82) is 0 Å². The number of amides is 2. The smallest absolute Gasteiger partial charge is 0.460 e. The van der Waals surface area contributed by atoms with Crippen molar-refractivity contribution in [2.45, 2.75) is 57.7 Å². The van der Waals surface area contributed by atoms with Gasteiger partial charge >= 0.3 is 68.9 Å². The number of halogens is 1. The molecule has 14 nitrogen and oxygen atoms in total. The zero-order valence-corrected chi connectivity index (χ0v) is 37.6. The van der Waals surface area contributed by atoms with Gasteiger partial charge in [-0.15, -0.1) is 0 Å². The first-order valence-corrected chi connectivity index (χ1v) is 17.5. The molecule has 0 aliphatic carbocycles. The first-order valence-electron chi connectivity index (χ1n) is 16.7. The molecule has 0 spiro atoms. The van der Waals surface area contributed by atoms with Gasteiger partial charge in [0.25, 0.3) is 16.7 Å². The topological polar surface area (TPSA) is 165 Å². The summed E-state index contributed by atoms with van der Waals surface area (Å²) in [5.41, 5.74) is 2.65. The molecule has 3 N–H and O–H groups in total. The van der Waals surface area contributed by atoms with E-state index in [2.05, 4.69) is 53.3 Å². The third-order valence-corrected chi connectivity index (χ3v) is 9.98. The molecule has 2 amide bonds. The molecule has 8 rings (SSSR count). The summed E-state index contributed by atoms with van der Waals surface area (Å²) in [7, 11) is 1.72. The summed E-state index contributed by atoms with van der Waals surface area (Å²) < 4.78 is 11.2. The van der Waals surface area contributed by atoms with Gasteiger partial charge in [-0.05, 0) is 78.9 Å². The van der Waals surface area contributed by atoms with Crippen LogP contribution >= 0.6 is 15.9 Å². The van der Waals surface area contributed by atoms with Gasteiger partial charge in [-0.25, -0.2) is 4.98 Å². The first kappa shape index (κ1) is 40.2. The van der Waals surface area contributed by atoms with Crippen LogP contribution in [0.5, 0.6) is 0 Å². The van der Waals surface area contributed by atoms with Crippen molar-refractivity contribution in [1.82, 2.24) is 29.3 Å². The third-order valence-electron chi connectivity index (χ3n) is 9.55. The number of benzene rings is 1. The number of carbonyl (C=O) groups is 2. The molecule has 0 saturated carbocycles. The molecule has 16 heteroatoms. The minimum atomic E-state index is -0.976. The Labute approximate surface area is 366 Å². The van der Waals surface area contributed by atoms with E-state index in [1.165, 1.54) is 4.57 Å². The molecule has 1 unspecified atom stereocenters. The van der Waals surface area contributed by atoms with E-state index >= 15 is 0 Å². The number of fused-ring (bicyclic) bond motifs is 5. The first-order chi connectivity index (χ1) is 24.1. The predicted molar refractivity (Wildman–Crippen MR) is 200 cm³/mol. The van der Waals surface area contributed by atoms with E-state index in [1.54, 1.807) is 37.7 Å². The number of aromatic nitrogens is 4. The molecule has 0 bridgehead atoms. The van der Waals surface area contributed by atoms with Crippen molar-refractivity contribution >= 4 is 66.8 Å². The van der Waals surface area contributed by atoms with E-state index < -0.39 is 29.0 Å². The number of anilines is 3. The maximum atomic E-state index is 13.1. The monoisotopic (exact) mass is 892 g/mol. The van der Waals surface area contributed by atoms with Crippen LogP contribution in [0.2, 0.25) is 0 Å². The Morgan fingerprint density at radius 1 is 1.00 bits per heavy atom. The minimum Gasteiger partial charge on any atom is -0.460 e. The third kappa shape index (κ3) is 7.94.